The molecule has 0 saturated heterocycles. The minimum atomic E-state index is -3.90. The summed E-state index contributed by atoms with van der Waals surface area (Å²) in [6, 6.07) is 13.4. The van der Waals surface area contributed by atoms with E-state index in [2.05, 4.69) is 11.9 Å². The van der Waals surface area contributed by atoms with Crippen molar-refractivity contribution in [2.24, 2.45) is 0 Å². The fourth-order valence-electron chi connectivity index (χ4n) is 3.04. The molecule has 0 fully saturated rings. The number of anilines is 1. The fraction of sp³-hybridized carbons (Fsp3) is 0.174. The summed E-state index contributed by atoms with van der Waals surface area (Å²) in [6.45, 7) is 7.95. The van der Waals surface area contributed by atoms with E-state index in [1.165, 1.54) is 4.31 Å². The van der Waals surface area contributed by atoms with E-state index in [4.69, 9.17) is 16.7 Å². The zero-order chi connectivity index (χ0) is 23.5. The number of hydrogen-bond donors (Lipinski definition) is 2. The number of aromatic carboxylic acids is 1. The first kappa shape index (κ1) is 23.8. The van der Waals surface area contributed by atoms with Gasteiger partial charge in [-0.2, -0.15) is 0 Å². The third kappa shape index (κ3) is 5.32. The number of sulfonamides is 1. The Balaban J connectivity index is 1.88. The molecule has 0 aliphatic carbocycles. The average Bonchev–Trinajstić information content (AvgIpc) is 3.22. The largest absolute Gasteiger partial charge is 0.477 e. The van der Waals surface area contributed by atoms with E-state index >= 15 is 0 Å². The molecule has 1 aromatic heterocycles. The van der Waals surface area contributed by atoms with Crippen LogP contribution in [0.2, 0.25) is 5.02 Å². The number of rotatable bonds is 9. The van der Waals surface area contributed by atoms with Gasteiger partial charge in [0.05, 0.1) is 17.1 Å². The Bertz CT molecular complexity index is 1250. The van der Waals surface area contributed by atoms with Crippen LogP contribution in [0.25, 0.3) is 0 Å². The number of benzene rings is 2. The van der Waals surface area contributed by atoms with Gasteiger partial charge in [-0.05, 0) is 60.7 Å². The number of carboxylic acids is 1. The summed E-state index contributed by atoms with van der Waals surface area (Å²) in [5, 5.41) is 14.4. The molecular formula is C23H23ClN2O4S2. The molecule has 0 radical (unpaired) electrons. The second-order valence-electron chi connectivity index (χ2n) is 7.29. The van der Waals surface area contributed by atoms with E-state index in [1.807, 2.05) is 6.92 Å². The summed E-state index contributed by atoms with van der Waals surface area (Å²) in [4.78, 5) is 11.5. The lowest BCUT2D eigenvalue weighted by Gasteiger charge is -2.27. The van der Waals surface area contributed by atoms with Gasteiger partial charge < -0.3 is 10.4 Å². The van der Waals surface area contributed by atoms with Crippen molar-refractivity contribution in [3.05, 3.63) is 92.8 Å². The smallest absolute Gasteiger partial charge is 0.345 e. The Kier molecular flexibility index (Phi) is 7.28. The molecule has 3 rings (SSSR count). The molecule has 2 N–H and O–H groups in total. The first-order valence-electron chi connectivity index (χ1n) is 9.66. The van der Waals surface area contributed by atoms with E-state index in [-0.39, 0.29) is 16.3 Å². The topological polar surface area (TPSA) is 86.7 Å². The SMILES string of the molecule is C=C(CN(c1cccc(Cl)c1C)S(=O)(=O)c1ccc(C)cc1)NCc1csc(C(=O)O)c1. The van der Waals surface area contributed by atoms with Crippen molar-refractivity contribution in [2.75, 3.05) is 10.8 Å². The van der Waals surface area contributed by atoms with Crippen molar-refractivity contribution < 1.29 is 18.3 Å². The van der Waals surface area contributed by atoms with Gasteiger partial charge in [0.25, 0.3) is 10.0 Å². The average molecular weight is 491 g/mol. The molecule has 168 valence electrons. The summed E-state index contributed by atoms with van der Waals surface area (Å²) in [6.07, 6.45) is 0. The van der Waals surface area contributed by atoms with E-state index < -0.39 is 16.0 Å². The monoisotopic (exact) mass is 490 g/mol. The van der Waals surface area contributed by atoms with Crippen LogP contribution in [-0.4, -0.2) is 26.0 Å². The second-order valence-corrected chi connectivity index (χ2v) is 10.5. The Morgan fingerprint density at radius 2 is 1.88 bits per heavy atom. The van der Waals surface area contributed by atoms with Gasteiger partial charge in [0.1, 0.15) is 4.88 Å². The maximum Gasteiger partial charge on any atom is 0.345 e. The van der Waals surface area contributed by atoms with Crippen molar-refractivity contribution in [1.29, 1.82) is 0 Å². The fourth-order valence-corrected chi connectivity index (χ4v) is 5.48. The highest BCUT2D eigenvalue weighted by atomic mass is 35.5. The number of halogens is 1. The zero-order valence-electron chi connectivity index (χ0n) is 17.6. The van der Waals surface area contributed by atoms with Gasteiger partial charge >= 0.3 is 5.97 Å². The van der Waals surface area contributed by atoms with Crippen molar-refractivity contribution in [3.63, 3.8) is 0 Å². The maximum absolute atomic E-state index is 13.5. The van der Waals surface area contributed by atoms with E-state index in [0.717, 1.165) is 22.5 Å². The lowest BCUT2D eigenvalue weighted by molar-refractivity contribution is 0.0702. The summed E-state index contributed by atoms with van der Waals surface area (Å²) < 4.78 is 28.4. The van der Waals surface area contributed by atoms with E-state index in [1.54, 1.807) is 60.8 Å². The molecule has 0 saturated carbocycles. The molecule has 6 nitrogen and oxygen atoms in total. The molecule has 0 aliphatic heterocycles. The van der Waals surface area contributed by atoms with E-state index in [0.29, 0.717) is 28.5 Å². The Hall–Kier alpha value is -2.81. The minimum Gasteiger partial charge on any atom is -0.477 e. The molecule has 32 heavy (non-hydrogen) atoms. The standard InChI is InChI=1S/C23H23ClN2O4S2/c1-15-7-9-19(10-8-15)32(29,30)26(21-6-4-5-20(24)17(21)3)13-16(2)25-12-18-11-22(23(27)28)31-14-18/h4-11,14,25H,2,12-13H2,1,3H3,(H,27,28). The quantitative estimate of drug-likeness (QED) is 0.429. The number of carboxylic acid groups (broad SMARTS) is 1. The molecule has 0 bridgehead atoms. The van der Waals surface area contributed by atoms with E-state index in [9.17, 15) is 13.2 Å². The van der Waals surface area contributed by atoms with Gasteiger partial charge in [0.15, 0.2) is 0 Å². The highest BCUT2D eigenvalue weighted by Gasteiger charge is 2.27. The van der Waals surface area contributed by atoms with Crippen LogP contribution >= 0.6 is 22.9 Å². The number of nitrogens with one attached hydrogen (secondary N) is 1. The zero-order valence-corrected chi connectivity index (χ0v) is 20.0. The van der Waals surface area contributed by atoms with Crippen LogP contribution in [0.3, 0.4) is 0 Å². The molecule has 0 amide bonds. The van der Waals surface area contributed by atoms with Gasteiger partial charge in [-0.3, -0.25) is 4.31 Å². The Morgan fingerprint density at radius 1 is 1.19 bits per heavy atom. The first-order chi connectivity index (χ1) is 15.1. The number of nitrogens with zero attached hydrogens (tertiary/aromatic N) is 1. The summed E-state index contributed by atoms with van der Waals surface area (Å²) in [7, 11) is -3.90. The lowest BCUT2D eigenvalue weighted by Crippen LogP contribution is -2.36. The molecule has 9 heteroatoms. The van der Waals surface area contributed by atoms with Crippen LogP contribution in [0.5, 0.6) is 0 Å². The number of carbonyl (C=O) groups is 1. The highest BCUT2D eigenvalue weighted by Crippen LogP contribution is 2.31. The van der Waals surface area contributed by atoms with Crippen LogP contribution in [0.1, 0.15) is 26.4 Å². The van der Waals surface area contributed by atoms with Crippen LogP contribution < -0.4 is 9.62 Å². The normalized spacial score (nSPS) is 11.2. The van der Waals surface area contributed by atoms with Gasteiger partial charge in [-0.1, -0.05) is 41.9 Å². The number of thiophene rings is 1. The third-order valence-corrected chi connectivity index (χ3v) is 8.01. The summed E-state index contributed by atoms with van der Waals surface area (Å²) in [5.41, 5.74) is 3.30. The maximum atomic E-state index is 13.5. The highest BCUT2D eigenvalue weighted by molar-refractivity contribution is 7.92. The molecule has 2 aromatic carbocycles. The lowest BCUT2D eigenvalue weighted by atomic mass is 10.2. The molecule has 1 heterocycles. The van der Waals surface area contributed by atoms with Gasteiger partial charge in [-0.25, -0.2) is 13.2 Å². The Labute approximate surface area is 196 Å². The van der Waals surface area contributed by atoms with Gasteiger partial charge in [0, 0.05) is 17.3 Å². The molecule has 0 atom stereocenters. The van der Waals surface area contributed by atoms with Crippen LogP contribution in [-0.2, 0) is 16.6 Å². The second kappa shape index (κ2) is 9.77. The van der Waals surface area contributed by atoms with Crippen molar-refractivity contribution in [1.82, 2.24) is 5.32 Å². The molecular weight excluding hydrogens is 468 g/mol. The van der Waals surface area contributed by atoms with Crippen molar-refractivity contribution in [2.45, 2.75) is 25.3 Å². The van der Waals surface area contributed by atoms with Crippen molar-refractivity contribution in [3.8, 4) is 0 Å². The number of hydrogen-bond acceptors (Lipinski definition) is 5. The molecule has 0 aliphatic rings. The van der Waals surface area contributed by atoms with Crippen molar-refractivity contribution >= 4 is 44.6 Å². The molecule has 3 aromatic rings. The van der Waals surface area contributed by atoms with Crippen LogP contribution in [0.15, 0.2) is 71.1 Å². The molecule has 0 spiro atoms. The third-order valence-electron chi connectivity index (χ3n) is 4.86. The Morgan fingerprint density at radius 3 is 2.50 bits per heavy atom. The summed E-state index contributed by atoms with van der Waals surface area (Å²) >= 11 is 7.41. The van der Waals surface area contributed by atoms with Gasteiger partial charge in [0.2, 0.25) is 0 Å². The summed E-state index contributed by atoms with van der Waals surface area (Å²) in [5.74, 6) is -0.980. The predicted octanol–water partition coefficient (Wildman–Crippen LogP) is 5.22. The van der Waals surface area contributed by atoms with Crippen LogP contribution in [0.4, 0.5) is 5.69 Å². The minimum absolute atomic E-state index is 0.0205. The first-order valence-corrected chi connectivity index (χ1v) is 12.4. The number of aryl methyl sites for hydroxylation is 1. The predicted molar refractivity (Wildman–Crippen MR) is 129 cm³/mol. The molecule has 0 unspecified atom stereocenters. The van der Waals surface area contributed by atoms with Gasteiger partial charge in [-0.15, -0.1) is 11.3 Å². The van der Waals surface area contributed by atoms with Crippen LogP contribution in [0, 0.1) is 13.8 Å².